The Hall–Kier alpha value is -2.41. The molecular formula is C17H13ClN6OS2. The minimum atomic E-state index is -0.193. The Labute approximate surface area is 168 Å². The quantitative estimate of drug-likeness (QED) is 0.639. The van der Waals surface area contributed by atoms with Gasteiger partial charge in [0.2, 0.25) is 11.1 Å². The number of thiophene rings is 1. The van der Waals surface area contributed by atoms with Crippen LogP contribution in [0.2, 0.25) is 5.02 Å². The number of nitriles is 1. The van der Waals surface area contributed by atoms with Crippen LogP contribution < -0.4 is 5.32 Å². The molecule has 1 aliphatic carbocycles. The Morgan fingerprint density at radius 1 is 1.37 bits per heavy atom. The molecule has 0 bridgehead atoms. The molecule has 1 amide bonds. The lowest BCUT2D eigenvalue weighted by Crippen LogP contribution is -2.14. The number of hydrogen-bond acceptors (Lipinski definition) is 7. The van der Waals surface area contributed by atoms with Gasteiger partial charge in [0, 0.05) is 9.90 Å². The molecule has 2 aromatic heterocycles. The molecule has 1 aliphatic rings. The second-order valence-electron chi connectivity index (χ2n) is 5.86. The van der Waals surface area contributed by atoms with Crippen molar-refractivity contribution in [2.24, 2.45) is 0 Å². The lowest BCUT2D eigenvalue weighted by molar-refractivity contribution is -0.113. The number of rotatable bonds is 5. The first-order valence-corrected chi connectivity index (χ1v) is 10.4. The van der Waals surface area contributed by atoms with E-state index in [1.165, 1.54) is 28.0 Å². The molecule has 1 N–H and O–H groups in total. The minimum Gasteiger partial charge on any atom is -0.316 e. The molecule has 0 atom stereocenters. The summed E-state index contributed by atoms with van der Waals surface area (Å²) in [6.07, 6.45) is 2.97. The van der Waals surface area contributed by atoms with Crippen molar-refractivity contribution < 1.29 is 4.79 Å². The van der Waals surface area contributed by atoms with Crippen molar-refractivity contribution in [1.29, 1.82) is 5.26 Å². The zero-order chi connectivity index (χ0) is 18.8. The molecule has 2 heterocycles. The number of halogens is 1. The number of fused-ring (bicyclic) bond motifs is 1. The molecule has 10 heteroatoms. The Balaban J connectivity index is 1.43. The maximum absolute atomic E-state index is 12.4. The maximum atomic E-state index is 12.4. The van der Waals surface area contributed by atoms with Crippen LogP contribution in [0.3, 0.4) is 0 Å². The number of hydrogen-bond donors (Lipinski definition) is 1. The number of tetrazole rings is 1. The van der Waals surface area contributed by atoms with E-state index in [0.717, 1.165) is 30.5 Å². The van der Waals surface area contributed by atoms with Crippen molar-refractivity contribution in [2.75, 3.05) is 11.1 Å². The van der Waals surface area contributed by atoms with Crippen LogP contribution >= 0.6 is 34.7 Å². The Morgan fingerprint density at radius 3 is 2.96 bits per heavy atom. The zero-order valence-electron chi connectivity index (χ0n) is 14.0. The molecule has 3 aromatic rings. The number of carbonyl (C=O) groups excluding carboxylic acids is 1. The van der Waals surface area contributed by atoms with Gasteiger partial charge in [0.1, 0.15) is 11.1 Å². The van der Waals surface area contributed by atoms with Crippen molar-refractivity contribution in [3.05, 3.63) is 45.3 Å². The second kappa shape index (κ2) is 7.68. The summed E-state index contributed by atoms with van der Waals surface area (Å²) in [6.45, 7) is 0. The van der Waals surface area contributed by atoms with E-state index in [9.17, 15) is 10.1 Å². The van der Waals surface area contributed by atoms with Gasteiger partial charge in [-0.25, -0.2) is 0 Å². The number of aryl methyl sites for hydroxylation is 1. The first kappa shape index (κ1) is 18.0. The third-order valence-electron chi connectivity index (χ3n) is 4.13. The minimum absolute atomic E-state index is 0.140. The number of anilines is 1. The molecule has 0 radical (unpaired) electrons. The van der Waals surface area contributed by atoms with E-state index in [1.807, 2.05) is 0 Å². The largest absolute Gasteiger partial charge is 0.316 e. The lowest BCUT2D eigenvalue weighted by Gasteiger charge is -2.05. The van der Waals surface area contributed by atoms with Crippen LogP contribution in [0.25, 0.3) is 5.69 Å². The molecule has 136 valence electrons. The van der Waals surface area contributed by atoms with E-state index in [1.54, 1.807) is 28.9 Å². The van der Waals surface area contributed by atoms with Crippen molar-refractivity contribution in [3.8, 4) is 11.8 Å². The monoisotopic (exact) mass is 416 g/mol. The molecular weight excluding hydrogens is 404 g/mol. The standard InChI is InChI=1S/C17H13ClN6OS2/c18-10-4-6-11(7-5-10)24-17(21-22-23-24)26-9-15(25)20-16-13(8-19)12-2-1-3-14(12)27-16/h4-7H,1-3,9H2,(H,20,25). The molecule has 27 heavy (non-hydrogen) atoms. The van der Waals surface area contributed by atoms with Crippen LogP contribution in [-0.2, 0) is 17.6 Å². The van der Waals surface area contributed by atoms with E-state index in [2.05, 4.69) is 26.9 Å². The fourth-order valence-electron chi connectivity index (χ4n) is 2.92. The molecule has 4 rings (SSSR count). The Morgan fingerprint density at radius 2 is 2.19 bits per heavy atom. The first-order valence-electron chi connectivity index (χ1n) is 8.17. The maximum Gasteiger partial charge on any atom is 0.235 e. The topological polar surface area (TPSA) is 96.5 Å². The van der Waals surface area contributed by atoms with E-state index >= 15 is 0 Å². The SMILES string of the molecule is N#Cc1c(NC(=O)CSc2nnnn2-c2ccc(Cl)cc2)sc2c1CCC2. The van der Waals surface area contributed by atoms with Crippen LogP contribution in [0.5, 0.6) is 0 Å². The van der Waals surface area contributed by atoms with Gasteiger partial charge in [-0.1, -0.05) is 23.4 Å². The lowest BCUT2D eigenvalue weighted by atomic mass is 10.1. The van der Waals surface area contributed by atoms with Gasteiger partial charge in [0.05, 0.1) is 17.0 Å². The number of nitrogens with one attached hydrogen (secondary N) is 1. The average molecular weight is 417 g/mol. The highest BCUT2D eigenvalue weighted by Crippen LogP contribution is 2.38. The van der Waals surface area contributed by atoms with Gasteiger partial charge >= 0.3 is 0 Å². The summed E-state index contributed by atoms with van der Waals surface area (Å²) in [6, 6.07) is 9.33. The Bertz CT molecular complexity index is 1040. The molecule has 1 aromatic carbocycles. The molecule has 7 nitrogen and oxygen atoms in total. The van der Waals surface area contributed by atoms with Gasteiger partial charge in [-0.2, -0.15) is 9.94 Å². The van der Waals surface area contributed by atoms with E-state index < -0.39 is 0 Å². The predicted octanol–water partition coefficient (Wildman–Crippen LogP) is 3.47. The highest BCUT2D eigenvalue weighted by atomic mass is 35.5. The summed E-state index contributed by atoms with van der Waals surface area (Å²) in [4.78, 5) is 13.6. The fraction of sp³-hybridized carbons (Fsp3) is 0.235. The predicted molar refractivity (Wildman–Crippen MR) is 105 cm³/mol. The Kier molecular flexibility index (Phi) is 5.11. The van der Waals surface area contributed by atoms with Gasteiger partial charge in [0.15, 0.2) is 0 Å². The van der Waals surface area contributed by atoms with Gasteiger partial charge in [-0.3, -0.25) is 4.79 Å². The number of thioether (sulfide) groups is 1. The molecule has 0 saturated carbocycles. The van der Waals surface area contributed by atoms with Crippen molar-refractivity contribution >= 4 is 45.6 Å². The van der Waals surface area contributed by atoms with Crippen molar-refractivity contribution in [3.63, 3.8) is 0 Å². The van der Waals surface area contributed by atoms with Gasteiger partial charge in [0.25, 0.3) is 0 Å². The molecule has 0 saturated heterocycles. The smallest absolute Gasteiger partial charge is 0.235 e. The third-order valence-corrected chi connectivity index (χ3v) is 6.51. The van der Waals surface area contributed by atoms with Gasteiger partial charge in [-0.15, -0.1) is 16.4 Å². The number of amides is 1. The van der Waals surface area contributed by atoms with E-state index in [4.69, 9.17) is 11.6 Å². The zero-order valence-corrected chi connectivity index (χ0v) is 16.4. The van der Waals surface area contributed by atoms with Crippen LogP contribution in [0, 0.1) is 11.3 Å². The number of benzene rings is 1. The summed E-state index contributed by atoms with van der Waals surface area (Å²) in [5.41, 5.74) is 2.46. The average Bonchev–Trinajstić information content (AvgIpc) is 3.36. The second-order valence-corrected chi connectivity index (χ2v) is 8.34. The summed E-state index contributed by atoms with van der Waals surface area (Å²) < 4.78 is 1.55. The normalized spacial score (nSPS) is 12.6. The number of carbonyl (C=O) groups is 1. The molecule has 0 unspecified atom stereocenters. The first-order chi connectivity index (χ1) is 13.2. The van der Waals surface area contributed by atoms with Crippen LogP contribution in [-0.4, -0.2) is 31.9 Å². The van der Waals surface area contributed by atoms with Crippen molar-refractivity contribution in [2.45, 2.75) is 24.4 Å². The molecule has 0 fully saturated rings. The summed E-state index contributed by atoms with van der Waals surface area (Å²) in [7, 11) is 0. The summed E-state index contributed by atoms with van der Waals surface area (Å²) in [5, 5.41) is 25.6. The summed E-state index contributed by atoms with van der Waals surface area (Å²) in [5.74, 6) is -0.0522. The van der Waals surface area contributed by atoms with Crippen LogP contribution in [0.4, 0.5) is 5.00 Å². The van der Waals surface area contributed by atoms with Gasteiger partial charge < -0.3 is 5.32 Å². The highest BCUT2D eigenvalue weighted by Gasteiger charge is 2.23. The van der Waals surface area contributed by atoms with Crippen LogP contribution in [0.1, 0.15) is 22.4 Å². The fourth-order valence-corrected chi connectivity index (χ4v) is 4.99. The third kappa shape index (κ3) is 3.69. The number of nitrogens with zero attached hydrogens (tertiary/aromatic N) is 5. The van der Waals surface area contributed by atoms with Crippen molar-refractivity contribution in [1.82, 2.24) is 20.2 Å². The molecule has 0 spiro atoms. The van der Waals surface area contributed by atoms with Crippen LogP contribution in [0.15, 0.2) is 29.4 Å². The summed E-state index contributed by atoms with van der Waals surface area (Å²) >= 11 is 8.64. The van der Waals surface area contributed by atoms with E-state index in [-0.39, 0.29) is 11.7 Å². The number of aromatic nitrogens is 4. The molecule has 0 aliphatic heterocycles. The van der Waals surface area contributed by atoms with E-state index in [0.29, 0.717) is 20.7 Å². The highest BCUT2D eigenvalue weighted by molar-refractivity contribution is 7.99. The van der Waals surface area contributed by atoms with Gasteiger partial charge in [-0.05, 0) is 59.5 Å².